The third-order valence-corrected chi connectivity index (χ3v) is 4.14. The van der Waals surface area contributed by atoms with Crippen LogP contribution in [0.25, 0.3) is 0 Å². The molecule has 7 nitrogen and oxygen atoms in total. The summed E-state index contributed by atoms with van der Waals surface area (Å²) in [5.41, 5.74) is 0.583. The Morgan fingerprint density at radius 3 is 2.29 bits per heavy atom. The van der Waals surface area contributed by atoms with Crippen LogP contribution in [0.15, 0.2) is 6.07 Å². The molecule has 0 amide bonds. The fourth-order valence-corrected chi connectivity index (χ4v) is 2.96. The van der Waals surface area contributed by atoms with Crippen molar-refractivity contribution in [1.29, 1.82) is 0 Å². The molecular weight excluding hydrogens is 316 g/mol. The summed E-state index contributed by atoms with van der Waals surface area (Å²) in [6, 6.07) is 1.44. The molecule has 1 saturated heterocycles. The van der Waals surface area contributed by atoms with Gasteiger partial charge in [0, 0.05) is 11.5 Å². The maximum atomic E-state index is 11.8. The molecule has 0 spiro atoms. The Morgan fingerprint density at radius 1 is 1.25 bits per heavy atom. The van der Waals surface area contributed by atoms with Crippen LogP contribution < -0.4 is 14.2 Å². The summed E-state index contributed by atoms with van der Waals surface area (Å²) >= 11 is 0. The van der Waals surface area contributed by atoms with Crippen LogP contribution in [0.2, 0.25) is 0 Å². The van der Waals surface area contributed by atoms with E-state index in [1.165, 1.54) is 27.4 Å². The third kappa shape index (κ3) is 3.27. The molecule has 0 radical (unpaired) electrons. The lowest BCUT2D eigenvalue weighted by atomic mass is 9.89. The molecule has 7 heteroatoms. The number of benzene rings is 1. The van der Waals surface area contributed by atoms with Gasteiger partial charge in [0.25, 0.3) is 0 Å². The van der Waals surface area contributed by atoms with E-state index in [9.17, 15) is 9.90 Å². The molecule has 0 saturated carbocycles. The first-order valence-corrected chi connectivity index (χ1v) is 7.63. The molecule has 0 aliphatic carbocycles. The monoisotopic (exact) mass is 340 g/mol. The van der Waals surface area contributed by atoms with Crippen molar-refractivity contribution in [2.45, 2.75) is 38.6 Å². The van der Waals surface area contributed by atoms with Crippen LogP contribution >= 0.6 is 0 Å². The Kier molecular flexibility index (Phi) is 5.25. The van der Waals surface area contributed by atoms with Crippen LogP contribution in [0.5, 0.6) is 17.2 Å². The Hall–Kier alpha value is -1.99. The van der Waals surface area contributed by atoms with Crippen LogP contribution in [-0.4, -0.2) is 50.9 Å². The van der Waals surface area contributed by atoms with Crippen molar-refractivity contribution in [3.05, 3.63) is 17.2 Å². The third-order valence-electron chi connectivity index (χ3n) is 4.14. The van der Waals surface area contributed by atoms with Gasteiger partial charge in [-0.3, -0.25) is 0 Å². The van der Waals surface area contributed by atoms with Gasteiger partial charge in [0.2, 0.25) is 5.75 Å². The molecule has 1 N–H and O–H groups in total. The van der Waals surface area contributed by atoms with Gasteiger partial charge in [-0.15, -0.1) is 0 Å². The smallest absolute Gasteiger partial charge is 0.336 e. The van der Waals surface area contributed by atoms with Crippen LogP contribution in [0.3, 0.4) is 0 Å². The van der Waals surface area contributed by atoms with Gasteiger partial charge < -0.3 is 28.8 Å². The zero-order valence-electron chi connectivity index (χ0n) is 14.8. The number of carbonyl (C=O) groups is 1. The highest BCUT2D eigenvalue weighted by Crippen LogP contribution is 2.47. The van der Waals surface area contributed by atoms with Crippen molar-refractivity contribution in [2.75, 3.05) is 27.9 Å². The van der Waals surface area contributed by atoms with Crippen molar-refractivity contribution in [3.63, 3.8) is 0 Å². The summed E-state index contributed by atoms with van der Waals surface area (Å²) in [6.45, 7) is 5.89. The quantitative estimate of drug-likeness (QED) is 0.852. The van der Waals surface area contributed by atoms with Gasteiger partial charge in [-0.05, 0) is 19.9 Å². The zero-order chi connectivity index (χ0) is 18.1. The highest BCUT2D eigenvalue weighted by atomic mass is 16.7. The van der Waals surface area contributed by atoms with Gasteiger partial charge >= 0.3 is 5.97 Å². The number of hydrogen-bond donors (Lipinski definition) is 1. The second-order valence-electron chi connectivity index (χ2n) is 6.07. The first-order chi connectivity index (χ1) is 11.3. The van der Waals surface area contributed by atoms with Gasteiger partial charge in [-0.25, -0.2) is 4.79 Å². The van der Waals surface area contributed by atoms with Crippen LogP contribution in [0, 0.1) is 0 Å². The molecule has 134 valence electrons. The summed E-state index contributed by atoms with van der Waals surface area (Å²) in [5, 5.41) is 9.64. The van der Waals surface area contributed by atoms with Gasteiger partial charge in [0.15, 0.2) is 17.3 Å². The zero-order valence-corrected chi connectivity index (χ0v) is 14.8. The van der Waals surface area contributed by atoms with Gasteiger partial charge in [0.05, 0.1) is 39.6 Å². The average molecular weight is 340 g/mol. The molecule has 1 unspecified atom stereocenters. The standard InChI is InChI=1S/C17H24O7/c1-9(12-8-23-17(2,3)24-12)13-10(16(18)19)7-11(20-4)14(21-5)15(13)22-6/h7,9,12H,8H2,1-6H3,(H,18,19)/t9?,12-/m1/s1. The molecule has 24 heavy (non-hydrogen) atoms. The fraction of sp³-hybridized carbons (Fsp3) is 0.588. The van der Waals surface area contributed by atoms with E-state index < -0.39 is 11.8 Å². The van der Waals surface area contributed by atoms with Gasteiger partial charge in [0.1, 0.15) is 0 Å². The van der Waals surface area contributed by atoms with E-state index in [2.05, 4.69) is 0 Å². The molecule has 1 fully saturated rings. The molecule has 2 rings (SSSR count). The number of ether oxygens (including phenoxy) is 5. The molecular formula is C17H24O7. The summed E-state index contributed by atoms with van der Waals surface area (Å²) < 4.78 is 27.6. The van der Waals surface area contributed by atoms with Crippen molar-refractivity contribution < 1.29 is 33.6 Å². The summed E-state index contributed by atoms with van der Waals surface area (Å²) in [7, 11) is 4.39. The van der Waals surface area contributed by atoms with E-state index in [1.54, 1.807) is 0 Å². The van der Waals surface area contributed by atoms with E-state index in [0.717, 1.165) is 0 Å². The van der Waals surface area contributed by atoms with E-state index in [-0.39, 0.29) is 17.6 Å². The Balaban J connectivity index is 2.60. The van der Waals surface area contributed by atoms with Crippen molar-refractivity contribution in [1.82, 2.24) is 0 Å². The van der Waals surface area contributed by atoms with Gasteiger partial charge in [-0.2, -0.15) is 0 Å². The van der Waals surface area contributed by atoms with E-state index in [1.807, 2.05) is 20.8 Å². The second kappa shape index (κ2) is 6.86. The lowest BCUT2D eigenvalue weighted by Crippen LogP contribution is -2.25. The SMILES string of the molecule is COc1cc(C(=O)O)c(C(C)[C@H]2COC(C)(C)O2)c(OC)c1OC. The molecule has 0 aromatic heterocycles. The number of carboxylic acid groups (broad SMARTS) is 1. The largest absolute Gasteiger partial charge is 0.493 e. The topological polar surface area (TPSA) is 83.5 Å². The van der Waals surface area contributed by atoms with E-state index in [0.29, 0.717) is 29.4 Å². The normalized spacial score (nSPS) is 20.5. The summed E-state index contributed by atoms with van der Waals surface area (Å²) in [5.74, 6) is -1.08. The second-order valence-corrected chi connectivity index (χ2v) is 6.07. The number of aromatic carboxylic acids is 1. The Bertz CT molecular complexity index is 624. The molecule has 1 aromatic carbocycles. The minimum atomic E-state index is -1.07. The number of carboxylic acids is 1. The average Bonchev–Trinajstić information content (AvgIpc) is 2.91. The first kappa shape index (κ1) is 18.4. The molecule has 1 aliphatic heterocycles. The van der Waals surface area contributed by atoms with Crippen LogP contribution in [0.1, 0.15) is 42.6 Å². The molecule has 1 aromatic rings. The molecule has 2 atom stereocenters. The maximum Gasteiger partial charge on any atom is 0.336 e. The summed E-state index contributed by atoms with van der Waals surface area (Å²) in [4.78, 5) is 11.8. The maximum absolute atomic E-state index is 11.8. The molecule has 0 bridgehead atoms. The van der Waals surface area contributed by atoms with Crippen LogP contribution in [-0.2, 0) is 9.47 Å². The summed E-state index contributed by atoms with van der Waals surface area (Å²) in [6.07, 6.45) is -0.301. The minimum absolute atomic E-state index is 0.0882. The van der Waals surface area contributed by atoms with Crippen molar-refractivity contribution >= 4 is 5.97 Å². The van der Waals surface area contributed by atoms with Crippen molar-refractivity contribution in [2.24, 2.45) is 0 Å². The number of hydrogen-bond acceptors (Lipinski definition) is 6. The highest BCUT2D eigenvalue weighted by molar-refractivity contribution is 5.92. The van der Waals surface area contributed by atoms with E-state index >= 15 is 0 Å². The highest BCUT2D eigenvalue weighted by Gasteiger charge is 2.39. The minimum Gasteiger partial charge on any atom is -0.493 e. The predicted molar refractivity (Wildman–Crippen MR) is 86.4 cm³/mol. The molecule has 1 heterocycles. The van der Waals surface area contributed by atoms with E-state index in [4.69, 9.17) is 23.7 Å². The lowest BCUT2D eigenvalue weighted by molar-refractivity contribution is -0.140. The van der Waals surface area contributed by atoms with Gasteiger partial charge in [-0.1, -0.05) is 6.92 Å². The number of methoxy groups -OCH3 is 3. The predicted octanol–water partition coefficient (Wildman–Crippen LogP) is 2.67. The van der Waals surface area contributed by atoms with Crippen molar-refractivity contribution in [3.8, 4) is 17.2 Å². The Labute approximate surface area is 141 Å². The lowest BCUT2D eigenvalue weighted by Gasteiger charge is -2.26. The molecule has 1 aliphatic rings. The van der Waals surface area contributed by atoms with Crippen LogP contribution in [0.4, 0.5) is 0 Å². The Morgan fingerprint density at radius 2 is 1.88 bits per heavy atom. The first-order valence-electron chi connectivity index (χ1n) is 7.63. The number of rotatable bonds is 6. The fourth-order valence-electron chi connectivity index (χ4n) is 2.96.